The van der Waals surface area contributed by atoms with Crippen LogP contribution in [0.25, 0.3) is 5.65 Å². The smallest absolute Gasteiger partial charge is 0.318 e. The lowest BCUT2D eigenvalue weighted by molar-refractivity contribution is -0.142. The van der Waals surface area contributed by atoms with Crippen LogP contribution in [0, 0.1) is 0 Å². The second-order valence-corrected chi connectivity index (χ2v) is 8.02. The third-order valence-corrected chi connectivity index (χ3v) is 5.52. The van der Waals surface area contributed by atoms with E-state index in [9.17, 15) is 18.0 Å². The van der Waals surface area contributed by atoms with Crippen LogP contribution in [-0.2, 0) is 12.7 Å². The van der Waals surface area contributed by atoms with Gasteiger partial charge in [-0.05, 0) is 30.5 Å². The Hall–Kier alpha value is -3.40. The van der Waals surface area contributed by atoms with Gasteiger partial charge < -0.3 is 5.32 Å². The number of fused-ring (bicyclic) bond motifs is 1. The molecule has 0 saturated heterocycles. The van der Waals surface area contributed by atoms with Crippen molar-refractivity contribution in [3.63, 3.8) is 0 Å². The molecule has 1 saturated carbocycles. The van der Waals surface area contributed by atoms with Crippen molar-refractivity contribution < 1.29 is 18.0 Å². The molecule has 3 aromatic heterocycles. The average molecular weight is 461 g/mol. The zero-order chi connectivity index (χ0) is 22.5. The van der Waals surface area contributed by atoms with Crippen molar-refractivity contribution in [2.75, 3.05) is 5.32 Å². The summed E-state index contributed by atoms with van der Waals surface area (Å²) < 4.78 is 42.9. The molecule has 7 nitrogen and oxygen atoms in total. The SMILES string of the molecule is O=C(Nc1cnn(Cc2ccccc2Cl)c1)c1cc2nc(C3CC3)cc(C(F)(F)F)n2n1. The van der Waals surface area contributed by atoms with E-state index in [0.717, 1.165) is 24.5 Å². The number of carbonyl (C=O) groups excluding carboxylic acids is 1. The minimum Gasteiger partial charge on any atom is -0.318 e. The standard InChI is InChI=1S/C21H16ClF3N6O/c22-15-4-2-1-3-13(15)10-30-11-14(9-26-30)27-20(32)17-8-19-28-16(12-5-6-12)7-18(21(23,24)25)31(19)29-17/h1-4,7-9,11-12H,5-6,10H2,(H,27,32). The highest BCUT2D eigenvalue weighted by molar-refractivity contribution is 6.31. The molecule has 0 radical (unpaired) electrons. The lowest BCUT2D eigenvalue weighted by Gasteiger charge is -2.10. The van der Waals surface area contributed by atoms with Crippen molar-refractivity contribution in [1.82, 2.24) is 24.4 Å². The van der Waals surface area contributed by atoms with Crippen molar-refractivity contribution in [3.8, 4) is 0 Å². The van der Waals surface area contributed by atoms with Crippen LogP contribution in [0.2, 0.25) is 5.02 Å². The molecule has 32 heavy (non-hydrogen) atoms. The maximum Gasteiger partial charge on any atom is 0.433 e. The van der Waals surface area contributed by atoms with Crippen molar-refractivity contribution in [2.24, 2.45) is 0 Å². The minimum absolute atomic E-state index is 0.0127. The fraction of sp³-hybridized carbons (Fsp3) is 0.238. The predicted molar refractivity (Wildman–Crippen MR) is 111 cm³/mol. The summed E-state index contributed by atoms with van der Waals surface area (Å²) in [6.07, 6.45) is 0.0292. The zero-order valence-corrected chi connectivity index (χ0v) is 17.2. The number of aromatic nitrogens is 5. The molecule has 4 aromatic rings. The molecule has 1 aliphatic carbocycles. The summed E-state index contributed by atoms with van der Waals surface area (Å²) in [6.45, 7) is 0.396. The molecule has 0 spiro atoms. The molecule has 3 heterocycles. The first-order chi connectivity index (χ1) is 15.3. The first-order valence-electron chi connectivity index (χ1n) is 9.83. The van der Waals surface area contributed by atoms with E-state index in [1.54, 1.807) is 16.9 Å². The Morgan fingerprint density at radius 3 is 2.72 bits per heavy atom. The van der Waals surface area contributed by atoms with Crippen molar-refractivity contribution in [2.45, 2.75) is 31.5 Å². The molecular formula is C21H16ClF3N6O. The predicted octanol–water partition coefficient (Wildman–Crippen LogP) is 4.78. The molecule has 0 atom stereocenters. The van der Waals surface area contributed by atoms with E-state index in [0.29, 0.717) is 27.5 Å². The minimum atomic E-state index is -4.62. The van der Waals surface area contributed by atoms with Gasteiger partial charge in [0.05, 0.1) is 18.4 Å². The number of nitrogens with zero attached hydrogens (tertiary/aromatic N) is 5. The Bertz CT molecular complexity index is 1320. The molecule has 1 fully saturated rings. The van der Waals surface area contributed by atoms with Crippen molar-refractivity contribution >= 4 is 28.8 Å². The summed E-state index contributed by atoms with van der Waals surface area (Å²) in [5.74, 6) is -0.633. The van der Waals surface area contributed by atoms with Gasteiger partial charge in [-0.3, -0.25) is 9.48 Å². The lowest BCUT2D eigenvalue weighted by atomic mass is 10.2. The zero-order valence-electron chi connectivity index (χ0n) is 16.5. The van der Waals surface area contributed by atoms with E-state index >= 15 is 0 Å². The van der Waals surface area contributed by atoms with Gasteiger partial charge in [0.2, 0.25) is 0 Å². The number of hydrogen-bond acceptors (Lipinski definition) is 4. The first kappa shape index (κ1) is 20.5. The van der Waals surface area contributed by atoms with Gasteiger partial charge in [0.25, 0.3) is 5.91 Å². The molecule has 1 amide bonds. The van der Waals surface area contributed by atoms with Crippen LogP contribution in [0.15, 0.2) is 48.8 Å². The van der Waals surface area contributed by atoms with Gasteiger partial charge in [-0.1, -0.05) is 29.8 Å². The van der Waals surface area contributed by atoms with Crippen LogP contribution in [-0.4, -0.2) is 30.3 Å². The summed E-state index contributed by atoms with van der Waals surface area (Å²) in [7, 11) is 0. The highest BCUT2D eigenvalue weighted by atomic mass is 35.5. The number of rotatable bonds is 5. The molecule has 0 unspecified atom stereocenters. The van der Waals surface area contributed by atoms with Crippen LogP contribution < -0.4 is 5.32 Å². The number of amides is 1. The van der Waals surface area contributed by atoms with Gasteiger partial charge in [0.1, 0.15) is 5.69 Å². The largest absolute Gasteiger partial charge is 0.433 e. The molecule has 1 aromatic carbocycles. The van der Waals surface area contributed by atoms with Crippen molar-refractivity contribution in [1.29, 1.82) is 0 Å². The Labute approximate surface area is 184 Å². The number of carbonyl (C=O) groups is 1. The molecule has 1 aliphatic rings. The van der Waals surface area contributed by atoms with Gasteiger partial charge in [-0.25, -0.2) is 9.50 Å². The van der Waals surface area contributed by atoms with Crippen LogP contribution >= 0.6 is 11.6 Å². The number of hydrogen-bond donors (Lipinski definition) is 1. The molecular weight excluding hydrogens is 445 g/mol. The second-order valence-electron chi connectivity index (χ2n) is 7.61. The van der Waals surface area contributed by atoms with Crippen molar-refractivity contribution in [3.05, 3.63) is 76.5 Å². The molecule has 11 heteroatoms. The van der Waals surface area contributed by atoms with E-state index < -0.39 is 17.8 Å². The summed E-state index contributed by atoms with van der Waals surface area (Å²) in [5.41, 5.74) is 0.471. The van der Waals surface area contributed by atoms with E-state index in [-0.39, 0.29) is 17.3 Å². The molecule has 0 bridgehead atoms. The second kappa shape index (κ2) is 7.63. The van der Waals surface area contributed by atoms with Crippen LogP contribution in [0.5, 0.6) is 0 Å². The summed E-state index contributed by atoms with van der Waals surface area (Å²) >= 11 is 6.16. The topological polar surface area (TPSA) is 77.1 Å². The van der Waals surface area contributed by atoms with Crippen LogP contribution in [0.4, 0.5) is 18.9 Å². The number of benzene rings is 1. The lowest BCUT2D eigenvalue weighted by Crippen LogP contribution is -2.16. The number of alkyl halides is 3. The molecule has 0 aliphatic heterocycles. The van der Waals surface area contributed by atoms with Gasteiger partial charge >= 0.3 is 6.18 Å². The summed E-state index contributed by atoms with van der Waals surface area (Å²) in [5, 5.41) is 11.2. The summed E-state index contributed by atoms with van der Waals surface area (Å²) in [6, 6.07) is 9.57. The fourth-order valence-electron chi connectivity index (χ4n) is 3.41. The Morgan fingerprint density at radius 1 is 1.22 bits per heavy atom. The molecule has 1 N–H and O–H groups in total. The number of nitrogens with one attached hydrogen (secondary N) is 1. The first-order valence-corrected chi connectivity index (χ1v) is 10.2. The Morgan fingerprint density at radius 2 is 2.00 bits per heavy atom. The highest BCUT2D eigenvalue weighted by Crippen LogP contribution is 2.41. The Balaban J connectivity index is 1.38. The normalized spacial score (nSPS) is 14.1. The summed E-state index contributed by atoms with van der Waals surface area (Å²) in [4.78, 5) is 16.9. The van der Waals surface area contributed by atoms with Gasteiger partial charge in [0, 0.05) is 28.9 Å². The van der Waals surface area contributed by atoms with Gasteiger partial charge in [0.15, 0.2) is 11.3 Å². The fourth-order valence-corrected chi connectivity index (χ4v) is 3.60. The maximum absolute atomic E-state index is 13.5. The van der Waals surface area contributed by atoms with Crippen LogP contribution in [0.3, 0.4) is 0 Å². The van der Waals surface area contributed by atoms with E-state index in [1.165, 1.54) is 12.3 Å². The highest BCUT2D eigenvalue weighted by Gasteiger charge is 2.37. The van der Waals surface area contributed by atoms with E-state index in [4.69, 9.17) is 11.6 Å². The monoisotopic (exact) mass is 460 g/mol. The van der Waals surface area contributed by atoms with Gasteiger partial charge in [-0.15, -0.1) is 0 Å². The van der Waals surface area contributed by atoms with Gasteiger partial charge in [-0.2, -0.15) is 23.4 Å². The number of halogens is 4. The molecule has 164 valence electrons. The van der Waals surface area contributed by atoms with E-state index in [1.807, 2.05) is 18.2 Å². The Kier molecular flexibility index (Phi) is 4.89. The average Bonchev–Trinajstić information content (AvgIpc) is 3.35. The third-order valence-electron chi connectivity index (χ3n) is 5.15. The van der Waals surface area contributed by atoms with E-state index in [2.05, 4.69) is 20.5 Å². The maximum atomic E-state index is 13.5. The quantitative estimate of drug-likeness (QED) is 0.465. The molecule has 5 rings (SSSR count). The van der Waals surface area contributed by atoms with Crippen LogP contribution in [0.1, 0.15) is 46.2 Å². The third kappa shape index (κ3) is 4.05. The number of anilines is 1.